The fraction of sp³-hybridized carbons (Fsp3) is 0.917. The second-order valence-electron chi connectivity index (χ2n) is 4.73. The van der Waals surface area contributed by atoms with Crippen LogP contribution in [-0.4, -0.2) is 38.0 Å². The maximum atomic E-state index is 11.4. The van der Waals surface area contributed by atoms with Crippen molar-refractivity contribution in [3.8, 4) is 0 Å². The molecule has 1 unspecified atom stereocenters. The molecule has 3 heteroatoms. The smallest absolute Gasteiger partial charge is 0.222 e. The van der Waals surface area contributed by atoms with Crippen molar-refractivity contribution < 1.29 is 4.79 Å². The Morgan fingerprint density at radius 1 is 1.33 bits per heavy atom. The highest BCUT2D eigenvalue weighted by Crippen LogP contribution is 2.20. The normalized spacial score (nSPS) is 22.1. The summed E-state index contributed by atoms with van der Waals surface area (Å²) < 4.78 is 0. The molecule has 1 saturated heterocycles. The molecule has 1 heterocycles. The molecule has 0 bridgehead atoms. The van der Waals surface area contributed by atoms with E-state index in [0.29, 0.717) is 0 Å². The summed E-state index contributed by atoms with van der Waals surface area (Å²) in [5, 5.41) is 3.42. The summed E-state index contributed by atoms with van der Waals surface area (Å²) in [5.74, 6) is 1.11. The van der Waals surface area contributed by atoms with Crippen molar-refractivity contribution in [2.24, 2.45) is 5.92 Å². The molecule has 0 spiro atoms. The molecular formula is C12H24N2O. The highest BCUT2D eigenvalue weighted by molar-refractivity contribution is 5.75. The molecule has 1 N–H and O–H groups in total. The second kappa shape index (κ2) is 6.83. The summed E-state index contributed by atoms with van der Waals surface area (Å²) in [6.45, 7) is 2.33. The third kappa shape index (κ3) is 5.17. The van der Waals surface area contributed by atoms with Crippen LogP contribution in [0.15, 0.2) is 0 Å². The van der Waals surface area contributed by atoms with Crippen LogP contribution in [0.25, 0.3) is 0 Å². The van der Waals surface area contributed by atoms with Gasteiger partial charge < -0.3 is 10.2 Å². The van der Waals surface area contributed by atoms with E-state index in [0.717, 1.165) is 25.3 Å². The number of nitrogens with zero attached hydrogens (tertiary/aromatic N) is 1. The molecule has 1 aliphatic rings. The average Bonchev–Trinajstić information content (AvgIpc) is 2.46. The summed E-state index contributed by atoms with van der Waals surface area (Å²) in [6, 6.07) is 0. The number of rotatable bonds is 4. The van der Waals surface area contributed by atoms with Gasteiger partial charge in [-0.05, 0) is 51.1 Å². The van der Waals surface area contributed by atoms with Crippen LogP contribution >= 0.6 is 0 Å². The fourth-order valence-corrected chi connectivity index (χ4v) is 2.15. The van der Waals surface area contributed by atoms with E-state index >= 15 is 0 Å². The summed E-state index contributed by atoms with van der Waals surface area (Å²) >= 11 is 0. The largest absolute Gasteiger partial charge is 0.349 e. The first-order valence-corrected chi connectivity index (χ1v) is 6.11. The highest BCUT2D eigenvalue weighted by Gasteiger charge is 2.12. The average molecular weight is 212 g/mol. The van der Waals surface area contributed by atoms with Crippen molar-refractivity contribution in [2.45, 2.75) is 38.5 Å². The van der Waals surface area contributed by atoms with Crippen molar-refractivity contribution in [3.05, 3.63) is 0 Å². The van der Waals surface area contributed by atoms with E-state index in [9.17, 15) is 4.79 Å². The molecule has 1 rings (SSSR count). The minimum atomic E-state index is 0.266. The molecular weight excluding hydrogens is 188 g/mol. The van der Waals surface area contributed by atoms with Gasteiger partial charge >= 0.3 is 0 Å². The van der Waals surface area contributed by atoms with Crippen LogP contribution in [0.1, 0.15) is 38.5 Å². The van der Waals surface area contributed by atoms with Crippen LogP contribution in [0, 0.1) is 5.92 Å². The molecule has 1 aliphatic heterocycles. The lowest BCUT2D eigenvalue weighted by molar-refractivity contribution is -0.128. The minimum absolute atomic E-state index is 0.266. The van der Waals surface area contributed by atoms with E-state index in [-0.39, 0.29) is 5.91 Å². The molecule has 0 aliphatic carbocycles. The SMILES string of the molecule is CN(C)C(=O)CCCC1CCCNCC1. The van der Waals surface area contributed by atoms with Gasteiger partial charge in [0.05, 0.1) is 0 Å². The fourth-order valence-electron chi connectivity index (χ4n) is 2.15. The van der Waals surface area contributed by atoms with E-state index in [1.54, 1.807) is 4.90 Å². The van der Waals surface area contributed by atoms with Crippen LogP contribution in [0.3, 0.4) is 0 Å². The molecule has 15 heavy (non-hydrogen) atoms. The van der Waals surface area contributed by atoms with Crippen LogP contribution in [0.2, 0.25) is 0 Å². The van der Waals surface area contributed by atoms with E-state index < -0.39 is 0 Å². The number of carbonyl (C=O) groups is 1. The van der Waals surface area contributed by atoms with Gasteiger partial charge in [0.2, 0.25) is 5.91 Å². The van der Waals surface area contributed by atoms with Crippen molar-refractivity contribution in [1.29, 1.82) is 0 Å². The molecule has 88 valence electrons. The summed E-state index contributed by atoms with van der Waals surface area (Å²) in [6.07, 6.45) is 6.92. The first-order chi connectivity index (χ1) is 7.20. The maximum absolute atomic E-state index is 11.4. The van der Waals surface area contributed by atoms with Gasteiger partial charge in [-0.1, -0.05) is 0 Å². The number of hydrogen-bond donors (Lipinski definition) is 1. The van der Waals surface area contributed by atoms with Gasteiger partial charge in [0.1, 0.15) is 0 Å². The number of hydrogen-bond acceptors (Lipinski definition) is 2. The molecule has 1 amide bonds. The third-order valence-electron chi connectivity index (χ3n) is 3.20. The van der Waals surface area contributed by atoms with Crippen LogP contribution < -0.4 is 5.32 Å². The zero-order valence-electron chi connectivity index (χ0n) is 10.1. The minimum Gasteiger partial charge on any atom is -0.349 e. The Morgan fingerprint density at radius 3 is 2.87 bits per heavy atom. The van der Waals surface area contributed by atoms with Crippen molar-refractivity contribution in [3.63, 3.8) is 0 Å². The quantitative estimate of drug-likeness (QED) is 0.768. The van der Waals surface area contributed by atoms with E-state index in [2.05, 4.69) is 5.32 Å². The topological polar surface area (TPSA) is 32.3 Å². The van der Waals surface area contributed by atoms with Crippen molar-refractivity contribution >= 4 is 5.91 Å². The Bertz CT molecular complexity index is 184. The van der Waals surface area contributed by atoms with Gasteiger partial charge in [-0.2, -0.15) is 0 Å². The number of carbonyl (C=O) groups excluding carboxylic acids is 1. The van der Waals surface area contributed by atoms with Crippen LogP contribution in [-0.2, 0) is 4.79 Å². The molecule has 1 atom stereocenters. The lowest BCUT2D eigenvalue weighted by Gasteiger charge is -2.14. The Kier molecular flexibility index (Phi) is 5.69. The van der Waals surface area contributed by atoms with E-state index in [1.165, 1.54) is 32.2 Å². The van der Waals surface area contributed by atoms with Gasteiger partial charge in [-0.3, -0.25) is 4.79 Å². The van der Waals surface area contributed by atoms with Gasteiger partial charge in [0, 0.05) is 20.5 Å². The molecule has 3 nitrogen and oxygen atoms in total. The van der Waals surface area contributed by atoms with E-state index in [4.69, 9.17) is 0 Å². The maximum Gasteiger partial charge on any atom is 0.222 e. The van der Waals surface area contributed by atoms with Crippen molar-refractivity contribution in [2.75, 3.05) is 27.2 Å². The first kappa shape index (κ1) is 12.5. The van der Waals surface area contributed by atoms with Gasteiger partial charge in [0.25, 0.3) is 0 Å². The Hall–Kier alpha value is -0.570. The molecule has 0 aromatic rings. The lowest BCUT2D eigenvalue weighted by atomic mass is 9.94. The summed E-state index contributed by atoms with van der Waals surface area (Å²) in [5.41, 5.74) is 0. The zero-order valence-corrected chi connectivity index (χ0v) is 10.1. The zero-order chi connectivity index (χ0) is 11.1. The predicted octanol–water partition coefficient (Wildman–Crippen LogP) is 1.63. The number of nitrogens with one attached hydrogen (secondary N) is 1. The first-order valence-electron chi connectivity index (χ1n) is 6.11. The predicted molar refractivity (Wildman–Crippen MR) is 62.8 cm³/mol. The Balaban J connectivity index is 2.10. The highest BCUT2D eigenvalue weighted by atomic mass is 16.2. The number of amides is 1. The molecule has 0 aromatic carbocycles. The van der Waals surface area contributed by atoms with Gasteiger partial charge in [-0.15, -0.1) is 0 Å². The summed E-state index contributed by atoms with van der Waals surface area (Å²) in [7, 11) is 3.66. The lowest BCUT2D eigenvalue weighted by Crippen LogP contribution is -2.21. The van der Waals surface area contributed by atoms with Gasteiger partial charge in [0.15, 0.2) is 0 Å². The third-order valence-corrected chi connectivity index (χ3v) is 3.20. The Morgan fingerprint density at radius 2 is 2.13 bits per heavy atom. The second-order valence-corrected chi connectivity index (χ2v) is 4.73. The van der Waals surface area contributed by atoms with E-state index in [1.807, 2.05) is 14.1 Å². The van der Waals surface area contributed by atoms with Crippen molar-refractivity contribution in [1.82, 2.24) is 10.2 Å². The van der Waals surface area contributed by atoms with Gasteiger partial charge in [-0.25, -0.2) is 0 Å². The molecule has 1 fully saturated rings. The molecule has 0 saturated carbocycles. The monoisotopic (exact) mass is 212 g/mol. The molecule has 0 radical (unpaired) electrons. The standard InChI is InChI=1S/C12H24N2O/c1-14(2)12(15)7-3-5-11-6-4-9-13-10-8-11/h11,13H,3-10H2,1-2H3. The summed E-state index contributed by atoms with van der Waals surface area (Å²) in [4.78, 5) is 13.1. The van der Waals surface area contributed by atoms with Crippen LogP contribution in [0.5, 0.6) is 0 Å². The Labute approximate surface area is 93.2 Å². The molecule has 0 aromatic heterocycles. The van der Waals surface area contributed by atoms with Crippen LogP contribution in [0.4, 0.5) is 0 Å².